The highest BCUT2D eigenvalue weighted by Gasteiger charge is 2.59. The maximum Gasteiger partial charge on any atom is 0.433 e. The van der Waals surface area contributed by atoms with Crippen LogP contribution in [0.3, 0.4) is 0 Å². The molecule has 1 aromatic rings. The molecule has 5 unspecified atom stereocenters. The topological polar surface area (TPSA) is 128 Å². The molecular weight excluding hydrogens is 461 g/mol. The van der Waals surface area contributed by atoms with E-state index in [0.29, 0.717) is 18.8 Å². The van der Waals surface area contributed by atoms with Crippen LogP contribution in [0.15, 0.2) is 18.2 Å². The molecule has 0 saturated heterocycles. The number of pyridine rings is 1. The number of nitrogens with two attached hydrogens (primary N) is 1. The molecule has 6 rings (SSSR count). The number of aromatic nitrogens is 1. The summed E-state index contributed by atoms with van der Waals surface area (Å²) in [7, 11) is 0. The van der Waals surface area contributed by atoms with Crippen molar-refractivity contribution in [1.29, 1.82) is 0 Å². The van der Waals surface area contributed by atoms with Crippen LogP contribution in [0, 0.1) is 29.1 Å². The van der Waals surface area contributed by atoms with Crippen molar-refractivity contribution in [3.05, 3.63) is 23.9 Å². The molecule has 0 aromatic carbocycles. The summed E-state index contributed by atoms with van der Waals surface area (Å²) in [5, 5.41) is 3.07. The highest BCUT2D eigenvalue weighted by Crippen LogP contribution is 2.60. The monoisotopic (exact) mass is 485 g/mol. The van der Waals surface area contributed by atoms with Gasteiger partial charge in [0.1, 0.15) is 11.5 Å². The van der Waals surface area contributed by atoms with Crippen molar-refractivity contribution in [1.82, 2.24) is 10.3 Å². The Hall–Kier alpha value is -2.21. The maximum absolute atomic E-state index is 13.0. The van der Waals surface area contributed by atoms with E-state index in [0.717, 1.165) is 35.7 Å². The fraction of sp³-hybridized carbons (Fsp3) is 0.667. The minimum Gasteiger partial charge on any atom is -0.755 e. The molecule has 1 aromatic heterocycles. The largest absolute Gasteiger partial charge is 0.755 e. The highest BCUT2D eigenvalue weighted by molar-refractivity contribution is 7.80. The van der Waals surface area contributed by atoms with Crippen molar-refractivity contribution < 1.29 is 31.5 Å². The molecule has 2 amide bonds. The van der Waals surface area contributed by atoms with Gasteiger partial charge in [-0.25, -0.2) is 4.98 Å². The van der Waals surface area contributed by atoms with Gasteiger partial charge in [-0.3, -0.25) is 18.1 Å². The average Bonchev–Trinajstić information content (AvgIpc) is 3.50. The lowest BCUT2D eigenvalue weighted by molar-refractivity contribution is -0.147. The Labute approximate surface area is 190 Å². The van der Waals surface area contributed by atoms with Crippen LogP contribution in [0.2, 0.25) is 0 Å². The zero-order valence-corrected chi connectivity index (χ0v) is 18.4. The number of primary amides is 1. The zero-order valence-electron chi connectivity index (χ0n) is 17.6. The molecule has 180 valence electrons. The summed E-state index contributed by atoms with van der Waals surface area (Å²) in [6, 6.07) is 2.15. The second-order valence-corrected chi connectivity index (χ2v) is 10.8. The molecule has 0 radical (unpaired) electrons. The third kappa shape index (κ3) is 3.90. The Morgan fingerprint density at radius 1 is 1.18 bits per heavy atom. The van der Waals surface area contributed by atoms with E-state index >= 15 is 0 Å². The third-order valence-corrected chi connectivity index (χ3v) is 8.69. The van der Waals surface area contributed by atoms with E-state index in [1.165, 1.54) is 6.07 Å². The molecule has 3 N–H and O–H groups in total. The summed E-state index contributed by atoms with van der Waals surface area (Å²) in [6.07, 6.45) is -0.542. The van der Waals surface area contributed by atoms with Gasteiger partial charge in [-0.05, 0) is 68.4 Å². The summed E-state index contributed by atoms with van der Waals surface area (Å²) in [5.41, 5.74) is 4.02. The Kier molecular flexibility index (Phi) is 5.24. The Bertz CT molecular complexity index is 1010. The normalized spacial score (nSPS) is 37.5. The van der Waals surface area contributed by atoms with Gasteiger partial charge in [0.25, 0.3) is 0 Å². The van der Waals surface area contributed by atoms with E-state index in [1.807, 2.05) is 0 Å². The van der Waals surface area contributed by atoms with Gasteiger partial charge in [0.05, 0.1) is 12.0 Å². The summed E-state index contributed by atoms with van der Waals surface area (Å²) < 4.78 is 63.4. The second kappa shape index (κ2) is 7.66. The maximum atomic E-state index is 13.0. The predicted octanol–water partition coefficient (Wildman–Crippen LogP) is 1.89. The third-order valence-electron chi connectivity index (χ3n) is 7.91. The number of anilines is 1. The van der Waals surface area contributed by atoms with Gasteiger partial charge in [0.2, 0.25) is 11.8 Å². The minimum atomic E-state index is -4.71. The van der Waals surface area contributed by atoms with Crippen LogP contribution < -0.4 is 15.4 Å². The Morgan fingerprint density at radius 3 is 2.42 bits per heavy atom. The second-order valence-electron chi connectivity index (χ2n) is 9.98. The summed E-state index contributed by atoms with van der Waals surface area (Å²) in [6.45, 7) is 0. The molecule has 0 aliphatic heterocycles. The van der Waals surface area contributed by atoms with E-state index in [2.05, 4.69) is 10.3 Å². The van der Waals surface area contributed by atoms with Crippen LogP contribution in [0.1, 0.15) is 44.2 Å². The molecule has 33 heavy (non-hydrogen) atoms. The number of alkyl halides is 3. The van der Waals surface area contributed by atoms with Crippen molar-refractivity contribution in [3.63, 3.8) is 0 Å². The van der Waals surface area contributed by atoms with E-state index in [-0.39, 0.29) is 41.9 Å². The molecule has 0 spiro atoms. The molecule has 8 nitrogen and oxygen atoms in total. The summed E-state index contributed by atoms with van der Waals surface area (Å²) in [5.74, 6) is -0.871. The number of carbonyl (C=O) groups is 2. The molecule has 5 aliphatic carbocycles. The smallest absolute Gasteiger partial charge is 0.433 e. The van der Waals surface area contributed by atoms with Gasteiger partial charge in [-0.1, -0.05) is 6.07 Å². The van der Waals surface area contributed by atoms with E-state index < -0.39 is 40.5 Å². The van der Waals surface area contributed by atoms with Crippen LogP contribution in [-0.4, -0.2) is 37.6 Å². The standard InChI is InChI=1S/C21H25F3N4O4S/c22-21(23,24)15-2-1-3-16(26-15)28(33(31)32)14-6-13(14)18(29)27-17-11-4-10-5-12(17)9-20(7-10,8-11)19(25)30/h1-3,10-14,17H,4-9H2,(H2,25,30)(H,27,29)(H,31,32)/p-1. The number of halogens is 3. The quantitative estimate of drug-likeness (QED) is 0.595. The predicted molar refractivity (Wildman–Crippen MR) is 110 cm³/mol. The van der Waals surface area contributed by atoms with Gasteiger partial charge in [0.15, 0.2) is 0 Å². The lowest BCUT2D eigenvalue weighted by Crippen LogP contribution is -2.62. The van der Waals surface area contributed by atoms with E-state index in [1.54, 1.807) is 0 Å². The van der Waals surface area contributed by atoms with Crippen LogP contribution in [0.4, 0.5) is 19.0 Å². The van der Waals surface area contributed by atoms with Gasteiger partial charge in [-0.15, -0.1) is 0 Å². The molecule has 4 bridgehead atoms. The average molecular weight is 486 g/mol. The first kappa shape index (κ1) is 22.6. The summed E-state index contributed by atoms with van der Waals surface area (Å²) >= 11 is -2.89. The number of amides is 2. The van der Waals surface area contributed by atoms with Crippen molar-refractivity contribution in [2.45, 2.75) is 56.8 Å². The Balaban J connectivity index is 1.28. The van der Waals surface area contributed by atoms with Gasteiger partial charge in [0, 0.05) is 22.7 Å². The summed E-state index contributed by atoms with van der Waals surface area (Å²) in [4.78, 5) is 28.5. The van der Waals surface area contributed by atoms with Crippen molar-refractivity contribution in [2.24, 2.45) is 34.8 Å². The first-order valence-electron chi connectivity index (χ1n) is 11.0. The number of hydrogen-bond acceptors (Lipinski definition) is 5. The molecule has 1 heterocycles. The van der Waals surface area contributed by atoms with Crippen LogP contribution in [0.5, 0.6) is 0 Å². The fourth-order valence-corrected chi connectivity index (χ4v) is 7.32. The number of nitrogens with one attached hydrogen (secondary N) is 1. The van der Waals surface area contributed by atoms with Crippen LogP contribution in [0.25, 0.3) is 0 Å². The number of hydrogen-bond donors (Lipinski definition) is 2. The van der Waals surface area contributed by atoms with Gasteiger partial charge >= 0.3 is 6.18 Å². The van der Waals surface area contributed by atoms with Gasteiger partial charge in [-0.2, -0.15) is 13.2 Å². The van der Waals surface area contributed by atoms with Crippen LogP contribution >= 0.6 is 0 Å². The molecule has 5 atom stereocenters. The van der Waals surface area contributed by atoms with Crippen molar-refractivity contribution >= 4 is 28.9 Å². The van der Waals surface area contributed by atoms with Crippen molar-refractivity contribution in [3.8, 4) is 0 Å². The zero-order chi connectivity index (χ0) is 23.7. The highest BCUT2D eigenvalue weighted by atomic mass is 32.2. The molecule has 5 aliphatic rings. The first-order chi connectivity index (χ1) is 15.5. The number of carbonyl (C=O) groups excluding carboxylic acids is 2. The Morgan fingerprint density at radius 2 is 1.85 bits per heavy atom. The molecular formula is C21H24F3N4O4S-. The van der Waals surface area contributed by atoms with E-state index in [4.69, 9.17) is 5.73 Å². The van der Waals surface area contributed by atoms with Gasteiger partial charge < -0.3 is 15.6 Å². The molecule has 12 heteroatoms. The first-order valence-corrected chi connectivity index (χ1v) is 12.0. The SMILES string of the molecule is NC(=O)C12CC3CC(C1)C(NC(=O)C1CC1N(c1cccc(C(F)(F)F)n1)S(=O)[O-])C(C3)C2. The molecule has 5 fully saturated rings. The number of nitrogens with zero attached hydrogens (tertiary/aromatic N) is 2. The lowest BCUT2D eigenvalue weighted by atomic mass is 9.47. The van der Waals surface area contributed by atoms with E-state index in [9.17, 15) is 31.5 Å². The minimum absolute atomic E-state index is 0.0966. The van der Waals surface area contributed by atoms with Crippen LogP contribution in [-0.2, 0) is 27.0 Å². The fourth-order valence-electron chi connectivity index (χ4n) is 6.62. The number of rotatable bonds is 6. The van der Waals surface area contributed by atoms with Crippen molar-refractivity contribution in [2.75, 3.05) is 4.31 Å². The molecule has 5 saturated carbocycles. The lowest BCUT2D eigenvalue weighted by Gasteiger charge is -2.58.